The fourth-order valence-corrected chi connectivity index (χ4v) is 3.63. The molecular weight excluding hydrogens is 514 g/mol. The van der Waals surface area contributed by atoms with Gasteiger partial charge in [-0.2, -0.15) is 0 Å². The first-order valence-corrected chi connectivity index (χ1v) is 14.5. The van der Waals surface area contributed by atoms with E-state index in [1.165, 1.54) is 12.1 Å². The molecule has 0 aliphatic heterocycles. The first kappa shape index (κ1) is 37.0. The van der Waals surface area contributed by atoms with Crippen molar-refractivity contribution in [1.29, 1.82) is 0 Å². The standard InChI is InChI=1S/C22H21N5O3.C5H10.3C2H6/c1-15(25(2)13-16-5-4-12-26(30)14-16)21-24-20-19(6-3-11-23-20)22(29)27(21)17-7-9-18(28)10-8-17;1-3-5-4-2;3*1-2/h3-12,14-15H,13H2,1-2H3,(H-,28,30);3,5H,4H2,1-2H3;3*1-2H3/p+1/b;5-3+;;;. The van der Waals surface area contributed by atoms with Crippen LogP contribution in [-0.4, -0.2) is 36.8 Å². The van der Waals surface area contributed by atoms with Crippen LogP contribution in [0, 0.1) is 0 Å². The van der Waals surface area contributed by atoms with E-state index in [0.29, 0.717) is 29.1 Å². The maximum Gasteiger partial charge on any atom is 0.267 e. The second-order valence-corrected chi connectivity index (χ2v) is 8.16. The molecule has 2 N–H and O–H groups in total. The Hall–Kier alpha value is -4.04. The highest BCUT2D eigenvalue weighted by molar-refractivity contribution is 5.73. The summed E-state index contributed by atoms with van der Waals surface area (Å²) in [7, 11) is 1.93. The molecular formula is C33H50N5O3+. The number of pyridine rings is 2. The molecule has 4 aromatic rings. The number of rotatable bonds is 6. The average Bonchev–Trinajstić information content (AvgIpc) is 3.01. The van der Waals surface area contributed by atoms with Crippen LogP contribution in [0.1, 0.15) is 86.2 Å². The topological polar surface area (TPSA) is 95.4 Å². The summed E-state index contributed by atoms with van der Waals surface area (Å²) in [6, 6.07) is 13.3. The molecule has 0 aliphatic rings. The van der Waals surface area contributed by atoms with Crippen molar-refractivity contribution >= 4 is 11.0 Å². The highest BCUT2D eigenvalue weighted by Crippen LogP contribution is 2.23. The van der Waals surface area contributed by atoms with Gasteiger partial charge in [-0.05, 0) is 69.8 Å². The van der Waals surface area contributed by atoms with Gasteiger partial charge in [0.05, 0.1) is 17.1 Å². The van der Waals surface area contributed by atoms with Crippen molar-refractivity contribution in [3.8, 4) is 11.4 Å². The Kier molecular flexibility index (Phi) is 18.8. The number of phenolic OH excluding ortho intramolecular Hbond substituents is 1. The Morgan fingerprint density at radius 1 is 1.02 bits per heavy atom. The molecule has 0 fully saturated rings. The molecule has 0 amide bonds. The molecule has 0 radical (unpaired) electrons. The quantitative estimate of drug-likeness (QED) is 0.145. The van der Waals surface area contributed by atoms with Crippen molar-refractivity contribution in [3.05, 3.63) is 101 Å². The van der Waals surface area contributed by atoms with Crippen molar-refractivity contribution in [2.75, 3.05) is 7.05 Å². The predicted molar refractivity (Wildman–Crippen MR) is 170 cm³/mol. The summed E-state index contributed by atoms with van der Waals surface area (Å²) in [5.74, 6) is 0.655. The van der Waals surface area contributed by atoms with E-state index in [1.807, 2.05) is 73.4 Å². The number of fused-ring (bicyclic) bond motifs is 1. The van der Waals surface area contributed by atoms with Gasteiger partial charge in [-0.1, -0.05) is 60.6 Å². The van der Waals surface area contributed by atoms with Gasteiger partial charge in [-0.25, -0.2) is 9.97 Å². The van der Waals surface area contributed by atoms with Crippen LogP contribution in [0.15, 0.2) is 84.1 Å². The molecule has 3 aromatic heterocycles. The maximum absolute atomic E-state index is 13.3. The van der Waals surface area contributed by atoms with Crippen LogP contribution in [0.4, 0.5) is 0 Å². The lowest BCUT2D eigenvalue weighted by Gasteiger charge is -2.26. The van der Waals surface area contributed by atoms with Crippen LogP contribution in [0.2, 0.25) is 0 Å². The number of hydrogen-bond acceptors (Lipinski definition) is 6. The number of allylic oxidation sites excluding steroid dienone is 2. The highest BCUT2D eigenvalue weighted by atomic mass is 16.5. The maximum atomic E-state index is 13.3. The van der Waals surface area contributed by atoms with Gasteiger partial charge in [0, 0.05) is 29.1 Å². The monoisotopic (exact) mass is 564 g/mol. The van der Waals surface area contributed by atoms with Gasteiger partial charge in [0.2, 0.25) is 12.4 Å². The Balaban J connectivity index is 0.00000128. The van der Waals surface area contributed by atoms with Crippen molar-refractivity contribution in [2.24, 2.45) is 0 Å². The van der Waals surface area contributed by atoms with Gasteiger partial charge < -0.3 is 5.11 Å². The van der Waals surface area contributed by atoms with Crippen molar-refractivity contribution in [1.82, 2.24) is 19.4 Å². The van der Waals surface area contributed by atoms with E-state index >= 15 is 0 Å². The average molecular weight is 565 g/mol. The molecule has 8 heteroatoms. The molecule has 4 rings (SSSR count). The summed E-state index contributed by atoms with van der Waals surface area (Å²) in [6.45, 7) is 18.7. The largest absolute Gasteiger partial charge is 0.508 e. The summed E-state index contributed by atoms with van der Waals surface area (Å²) in [5, 5.41) is 19.7. The smallest absolute Gasteiger partial charge is 0.267 e. The summed E-state index contributed by atoms with van der Waals surface area (Å²) in [5.41, 5.74) is 1.69. The van der Waals surface area contributed by atoms with E-state index in [4.69, 9.17) is 4.98 Å². The third-order valence-corrected chi connectivity index (χ3v) is 5.56. The normalized spacial score (nSPS) is 10.7. The third-order valence-electron chi connectivity index (χ3n) is 5.56. The molecule has 1 atom stereocenters. The molecule has 224 valence electrons. The number of hydrogen-bond donors (Lipinski definition) is 2. The fourth-order valence-electron chi connectivity index (χ4n) is 3.63. The zero-order valence-electron chi connectivity index (χ0n) is 26.5. The van der Waals surface area contributed by atoms with Gasteiger partial charge in [0.15, 0.2) is 5.65 Å². The van der Waals surface area contributed by atoms with Crippen molar-refractivity contribution < 1.29 is 15.0 Å². The van der Waals surface area contributed by atoms with Crippen LogP contribution in [0.25, 0.3) is 16.7 Å². The Morgan fingerprint density at radius 3 is 2.20 bits per heavy atom. The van der Waals surface area contributed by atoms with Gasteiger partial charge >= 0.3 is 0 Å². The zero-order chi connectivity index (χ0) is 31.4. The van der Waals surface area contributed by atoms with Crippen LogP contribution >= 0.6 is 0 Å². The van der Waals surface area contributed by atoms with E-state index in [2.05, 4.69) is 24.1 Å². The molecule has 41 heavy (non-hydrogen) atoms. The summed E-state index contributed by atoms with van der Waals surface area (Å²) >= 11 is 0. The van der Waals surface area contributed by atoms with Gasteiger partial charge in [0.25, 0.3) is 5.56 Å². The second kappa shape index (κ2) is 20.8. The molecule has 1 unspecified atom stereocenters. The van der Waals surface area contributed by atoms with E-state index < -0.39 is 0 Å². The molecule has 0 bridgehead atoms. The Morgan fingerprint density at radius 2 is 1.66 bits per heavy atom. The molecule has 8 nitrogen and oxygen atoms in total. The van der Waals surface area contributed by atoms with E-state index in [0.717, 1.165) is 16.7 Å². The number of nitrogens with zero attached hydrogens (tertiary/aromatic N) is 5. The lowest BCUT2D eigenvalue weighted by molar-refractivity contribution is -0.905. The van der Waals surface area contributed by atoms with Crippen LogP contribution < -0.4 is 10.3 Å². The number of benzene rings is 1. The minimum Gasteiger partial charge on any atom is -0.508 e. The van der Waals surface area contributed by atoms with Crippen molar-refractivity contribution in [2.45, 2.75) is 81.3 Å². The molecule has 0 aliphatic carbocycles. The Bertz CT molecular complexity index is 1350. The highest BCUT2D eigenvalue weighted by Gasteiger charge is 2.22. The van der Waals surface area contributed by atoms with E-state index in [-0.39, 0.29) is 17.4 Å². The van der Waals surface area contributed by atoms with Gasteiger partial charge in [-0.15, -0.1) is 0 Å². The molecule has 3 heterocycles. The molecule has 0 saturated carbocycles. The van der Waals surface area contributed by atoms with E-state index in [1.54, 1.807) is 53.5 Å². The SMILES string of the molecule is C/C=C/CC.CC.CC.CC.CC(c1nc2ncccc2c(=O)n1-c1ccc(O)cc1)N(C)Cc1ccc[n+](O)c1. The summed E-state index contributed by atoms with van der Waals surface area (Å²) < 4.78 is 2.57. The first-order chi connectivity index (χ1) is 19.8. The van der Waals surface area contributed by atoms with Crippen LogP contribution in [-0.2, 0) is 6.54 Å². The summed E-state index contributed by atoms with van der Waals surface area (Å²) in [4.78, 5) is 24.3. The number of aromatic nitrogens is 4. The summed E-state index contributed by atoms with van der Waals surface area (Å²) in [6.07, 6.45) is 10.1. The van der Waals surface area contributed by atoms with Crippen molar-refractivity contribution in [3.63, 3.8) is 0 Å². The minimum absolute atomic E-state index is 0.121. The van der Waals surface area contributed by atoms with Crippen LogP contribution in [0.3, 0.4) is 0 Å². The van der Waals surface area contributed by atoms with Gasteiger partial charge in [-0.3, -0.25) is 19.5 Å². The lowest BCUT2D eigenvalue weighted by atomic mass is 10.2. The fraction of sp³-hybridized carbons (Fsp3) is 0.394. The zero-order valence-corrected chi connectivity index (χ0v) is 26.5. The number of phenols is 1. The van der Waals surface area contributed by atoms with Gasteiger partial charge in [0.1, 0.15) is 11.6 Å². The first-order valence-electron chi connectivity index (χ1n) is 14.5. The third kappa shape index (κ3) is 11.2. The van der Waals surface area contributed by atoms with Crippen LogP contribution in [0.5, 0.6) is 5.75 Å². The second-order valence-electron chi connectivity index (χ2n) is 8.16. The molecule has 0 spiro atoms. The number of aromatic hydroxyl groups is 1. The predicted octanol–water partition coefficient (Wildman–Crippen LogP) is 7.26. The lowest BCUT2D eigenvalue weighted by Crippen LogP contribution is -2.33. The molecule has 0 saturated heterocycles. The van der Waals surface area contributed by atoms with E-state index in [9.17, 15) is 15.1 Å². The molecule has 1 aromatic carbocycles. The minimum atomic E-state index is -0.245. The Labute approximate surface area is 246 Å².